The molecular weight excluding hydrogens is 204 g/mol. The van der Waals surface area contributed by atoms with Gasteiger partial charge in [0.25, 0.3) is 0 Å². The minimum atomic E-state index is -0.337. The van der Waals surface area contributed by atoms with Crippen LogP contribution in [0, 0.1) is 6.92 Å². The number of para-hydroxylation sites is 1. The van der Waals surface area contributed by atoms with Gasteiger partial charge in [-0.15, -0.1) is 0 Å². The Morgan fingerprint density at radius 3 is 2.81 bits per heavy atom. The molecule has 0 heterocycles. The first-order valence-electron chi connectivity index (χ1n) is 5.25. The maximum absolute atomic E-state index is 11.0. The second-order valence-corrected chi connectivity index (χ2v) is 3.23. The third-order valence-electron chi connectivity index (χ3n) is 1.97. The number of ether oxygens (including phenoxy) is 2. The zero-order valence-electron chi connectivity index (χ0n) is 9.60. The molecule has 0 aliphatic rings. The van der Waals surface area contributed by atoms with Crippen molar-refractivity contribution < 1.29 is 14.3 Å². The molecule has 0 aliphatic carbocycles. The summed E-state index contributed by atoms with van der Waals surface area (Å²) in [5.41, 5.74) is 1.08. The molecule has 0 radical (unpaired) electrons. The lowest BCUT2D eigenvalue weighted by Gasteiger charge is -2.05. The van der Waals surface area contributed by atoms with Gasteiger partial charge in [-0.1, -0.05) is 18.2 Å². The van der Waals surface area contributed by atoms with E-state index in [1.165, 1.54) is 6.08 Å². The Balaban J connectivity index is 2.36. The van der Waals surface area contributed by atoms with Crippen LogP contribution in [0.3, 0.4) is 0 Å². The predicted molar refractivity (Wildman–Crippen MR) is 62.4 cm³/mol. The van der Waals surface area contributed by atoms with E-state index < -0.39 is 0 Å². The first-order chi connectivity index (χ1) is 7.74. The largest absolute Gasteiger partial charge is 0.489 e. The van der Waals surface area contributed by atoms with Crippen LogP contribution in [0.15, 0.2) is 36.4 Å². The number of aryl methyl sites for hydroxylation is 1. The summed E-state index contributed by atoms with van der Waals surface area (Å²) >= 11 is 0. The van der Waals surface area contributed by atoms with Crippen molar-refractivity contribution in [2.24, 2.45) is 0 Å². The van der Waals surface area contributed by atoms with Crippen molar-refractivity contribution in [1.29, 1.82) is 0 Å². The highest BCUT2D eigenvalue weighted by Crippen LogP contribution is 2.15. The fraction of sp³-hybridized carbons (Fsp3) is 0.308. The molecule has 3 nitrogen and oxygen atoms in total. The molecule has 0 aromatic heterocycles. The highest BCUT2D eigenvalue weighted by molar-refractivity contribution is 5.81. The molecule has 0 unspecified atom stereocenters. The summed E-state index contributed by atoms with van der Waals surface area (Å²) in [6.45, 7) is 4.51. The Morgan fingerprint density at radius 1 is 1.38 bits per heavy atom. The van der Waals surface area contributed by atoms with Crippen molar-refractivity contribution in [1.82, 2.24) is 0 Å². The normalized spacial score (nSPS) is 10.4. The second kappa shape index (κ2) is 6.67. The van der Waals surface area contributed by atoms with Crippen LogP contribution in [0.25, 0.3) is 0 Å². The van der Waals surface area contributed by atoms with E-state index in [4.69, 9.17) is 9.47 Å². The quantitative estimate of drug-likeness (QED) is 0.565. The molecule has 16 heavy (non-hydrogen) atoms. The highest BCUT2D eigenvalue weighted by atomic mass is 16.5. The van der Waals surface area contributed by atoms with Gasteiger partial charge in [0.05, 0.1) is 6.61 Å². The molecule has 1 rings (SSSR count). The van der Waals surface area contributed by atoms with Crippen molar-refractivity contribution in [2.75, 3.05) is 13.2 Å². The summed E-state index contributed by atoms with van der Waals surface area (Å²) in [5.74, 6) is 0.492. The van der Waals surface area contributed by atoms with Crippen molar-refractivity contribution in [3.8, 4) is 5.75 Å². The number of esters is 1. The lowest BCUT2D eigenvalue weighted by atomic mass is 10.2. The molecule has 0 fully saturated rings. The number of hydrogen-bond acceptors (Lipinski definition) is 3. The smallest absolute Gasteiger partial charge is 0.330 e. The molecule has 0 bridgehead atoms. The van der Waals surface area contributed by atoms with Crippen LogP contribution in [0.1, 0.15) is 12.5 Å². The minimum Gasteiger partial charge on any atom is -0.489 e. The average Bonchev–Trinajstić information content (AvgIpc) is 2.27. The van der Waals surface area contributed by atoms with E-state index in [0.29, 0.717) is 13.2 Å². The summed E-state index contributed by atoms with van der Waals surface area (Å²) in [7, 11) is 0. The maximum Gasteiger partial charge on any atom is 0.330 e. The lowest BCUT2D eigenvalue weighted by Crippen LogP contribution is -2.01. The summed E-state index contributed by atoms with van der Waals surface area (Å²) in [4.78, 5) is 11.0. The molecule has 0 saturated heterocycles. The zero-order valence-corrected chi connectivity index (χ0v) is 9.60. The molecular formula is C13H16O3. The summed E-state index contributed by atoms with van der Waals surface area (Å²) in [6, 6.07) is 7.74. The number of benzene rings is 1. The number of rotatable bonds is 5. The van der Waals surface area contributed by atoms with Crippen molar-refractivity contribution in [2.45, 2.75) is 13.8 Å². The lowest BCUT2D eigenvalue weighted by molar-refractivity contribution is -0.137. The second-order valence-electron chi connectivity index (χ2n) is 3.23. The van der Waals surface area contributed by atoms with Crippen molar-refractivity contribution in [3.05, 3.63) is 42.0 Å². The van der Waals surface area contributed by atoms with Gasteiger partial charge >= 0.3 is 5.97 Å². The van der Waals surface area contributed by atoms with E-state index in [1.54, 1.807) is 13.0 Å². The standard InChI is InChI=1S/C13H16O3/c1-3-15-13(14)9-6-10-16-12-8-5-4-7-11(12)2/h4-9H,3,10H2,1-2H3/b9-6+. The molecule has 0 atom stereocenters. The van der Waals surface area contributed by atoms with Crippen LogP contribution in [-0.2, 0) is 9.53 Å². The number of hydrogen-bond donors (Lipinski definition) is 0. The molecule has 1 aromatic carbocycles. The molecule has 1 aromatic rings. The van der Waals surface area contributed by atoms with Crippen LogP contribution in [-0.4, -0.2) is 19.2 Å². The van der Waals surface area contributed by atoms with E-state index in [2.05, 4.69) is 0 Å². The summed E-state index contributed by atoms with van der Waals surface area (Å²) in [5, 5.41) is 0. The third kappa shape index (κ3) is 4.17. The Bertz CT molecular complexity index is 369. The van der Waals surface area contributed by atoms with Gasteiger partial charge in [-0.05, 0) is 31.6 Å². The van der Waals surface area contributed by atoms with Gasteiger partial charge in [-0.25, -0.2) is 4.79 Å². The molecule has 0 amide bonds. The SMILES string of the molecule is CCOC(=O)/C=C/COc1ccccc1C. The van der Waals surface area contributed by atoms with Gasteiger partial charge in [-0.3, -0.25) is 0 Å². The van der Waals surface area contributed by atoms with E-state index in [-0.39, 0.29) is 5.97 Å². The van der Waals surface area contributed by atoms with Crippen LogP contribution in [0.5, 0.6) is 5.75 Å². The monoisotopic (exact) mass is 220 g/mol. The van der Waals surface area contributed by atoms with E-state index >= 15 is 0 Å². The van der Waals surface area contributed by atoms with Gasteiger partial charge in [0.1, 0.15) is 12.4 Å². The summed E-state index contributed by atoms with van der Waals surface area (Å²) in [6.07, 6.45) is 3.02. The van der Waals surface area contributed by atoms with Crippen LogP contribution in [0.4, 0.5) is 0 Å². The molecule has 0 spiro atoms. The highest BCUT2D eigenvalue weighted by Gasteiger charge is 1.96. The molecule has 86 valence electrons. The molecule has 3 heteroatoms. The third-order valence-corrected chi connectivity index (χ3v) is 1.97. The van der Waals surface area contributed by atoms with E-state index in [0.717, 1.165) is 11.3 Å². The van der Waals surface area contributed by atoms with Crippen LogP contribution < -0.4 is 4.74 Å². The number of carbonyl (C=O) groups is 1. The van der Waals surface area contributed by atoms with Gasteiger partial charge in [0.15, 0.2) is 0 Å². The van der Waals surface area contributed by atoms with Crippen molar-refractivity contribution >= 4 is 5.97 Å². The van der Waals surface area contributed by atoms with Gasteiger partial charge < -0.3 is 9.47 Å². The molecule has 0 aliphatic heterocycles. The Morgan fingerprint density at radius 2 is 2.12 bits per heavy atom. The maximum atomic E-state index is 11.0. The van der Waals surface area contributed by atoms with Crippen LogP contribution >= 0.6 is 0 Å². The zero-order chi connectivity index (χ0) is 11.8. The fourth-order valence-electron chi connectivity index (χ4n) is 1.19. The Kier molecular flexibility index (Phi) is 5.12. The fourth-order valence-corrected chi connectivity index (χ4v) is 1.19. The first kappa shape index (κ1) is 12.3. The summed E-state index contributed by atoms with van der Waals surface area (Å²) < 4.78 is 10.2. The predicted octanol–water partition coefficient (Wildman–Crippen LogP) is 2.49. The topological polar surface area (TPSA) is 35.5 Å². The van der Waals surface area contributed by atoms with Crippen LogP contribution in [0.2, 0.25) is 0 Å². The van der Waals surface area contributed by atoms with Gasteiger partial charge in [0.2, 0.25) is 0 Å². The molecule has 0 saturated carbocycles. The first-order valence-corrected chi connectivity index (χ1v) is 5.25. The molecule has 0 N–H and O–H groups in total. The van der Waals surface area contributed by atoms with Gasteiger partial charge in [-0.2, -0.15) is 0 Å². The number of carbonyl (C=O) groups excluding carboxylic acids is 1. The average molecular weight is 220 g/mol. The van der Waals surface area contributed by atoms with Gasteiger partial charge in [0, 0.05) is 6.08 Å². The minimum absolute atomic E-state index is 0.337. The van der Waals surface area contributed by atoms with Crippen molar-refractivity contribution in [3.63, 3.8) is 0 Å². The van der Waals surface area contributed by atoms with E-state index in [1.807, 2.05) is 31.2 Å². The Hall–Kier alpha value is -1.77. The van der Waals surface area contributed by atoms with E-state index in [9.17, 15) is 4.79 Å². The Labute approximate surface area is 95.7 Å².